The van der Waals surface area contributed by atoms with Gasteiger partial charge in [-0.15, -0.1) is 0 Å². The van der Waals surface area contributed by atoms with Gasteiger partial charge in [-0.2, -0.15) is 0 Å². The van der Waals surface area contributed by atoms with Gasteiger partial charge in [0, 0.05) is 29.8 Å². The molecule has 1 aromatic heterocycles. The van der Waals surface area contributed by atoms with E-state index in [4.69, 9.17) is 53.9 Å². The summed E-state index contributed by atoms with van der Waals surface area (Å²) in [6.07, 6.45) is 1.31. The van der Waals surface area contributed by atoms with E-state index in [9.17, 15) is 10.2 Å². The minimum atomic E-state index is -3.02. The van der Waals surface area contributed by atoms with Crippen LogP contribution in [-0.2, 0) is 24.7 Å². The number of hydrogen-bond acceptors (Lipinski definition) is 14. The van der Waals surface area contributed by atoms with E-state index in [1.807, 2.05) is 24.3 Å². The Morgan fingerprint density at radius 2 is 0.691 bits per heavy atom. The molecule has 0 fully saturated rings. The molecule has 0 radical (unpaired) electrons. The van der Waals surface area contributed by atoms with Crippen LogP contribution in [0.2, 0.25) is 130 Å². The van der Waals surface area contributed by atoms with Crippen molar-refractivity contribution in [3.05, 3.63) is 60.7 Å². The van der Waals surface area contributed by atoms with E-state index in [-0.39, 0.29) is 23.1 Å². The van der Waals surface area contributed by atoms with Gasteiger partial charge in [0.15, 0.2) is 67.4 Å². The number of ether oxygens (including phenoxy) is 3. The lowest BCUT2D eigenvalue weighted by atomic mass is 10.1. The van der Waals surface area contributed by atoms with Crippen LogP contribution < -0.4 is 14.2 Å². The summed E-state index contributed by atoms with van der Waals surface area (Å²) in [7, 11) is -16.6. The fraction of sp³-hybridized carbons (Fsp3) is 0.543. The SMILES string of the molecule is COc1ccc(-c2nc(-c3ccc(OCCC[Si](O[Si](C)(C)C)(O[Si](C)(C)C)O[Si](C)(C)C)cc3O)nc(-c3ccc(OCCC[Si](O[Si](C)(C)C)(O[Si](C)(C)C)O[Si](C)(C)C)cc3O)n2)cc1. The number of nitrogens with zero attached hydrogens (tertiary/aromatic N) is 3. The molecular formula is C46H81N3O11Si8. The molecule has 0 aliphatic carbocycles. The Balaban J connectivity index is 1.59. The lowest BCUT2D eigenvalue weighted by Crippen LogP contribution is -2.60. The van der Waals surface area contributed by atoms with Crippen LogP contribution in [-0.4, -0.2) is 113 Å². The normalized spacial score (nSPS) is 13.5. The van der Waals surface area contributed by atoms with Crippen molar-refractivity contribution in [3.63, 3.8) is 0 Å². The van der Waals surface area contributed by atoms with E-state index >= 15 is 0 Å². The predicted molar refractivity (Wildman–Crippen MR) is 294 cm³/mol. The summed E-state index contributed by atoms with van der Waals surface area (Å²) >= 11 is 0. The van der Waals surface area contributed by atoms with Gasteiger partial charge in [-0.3, -0.25) is 0 Å². The van der Waals surface area contributed by atoms with Crippen LogP contribution in [0.25, 0.3) is 34.2 Å². The number of aromatic hydroxyl groups is 2. The Labute approximate surface area is 416 Å². The molecule has 68 heavy (non-hydrogen) atoms. The van der Waals surface area contributed by atoms with Crippen molar-refractivity contribution < 1.29 is 49.1 Å². The average molecular weight is 1080 g/mol. The molecule has 0 amide bonds. The molecule has 0 atom stereocenters. The molecular weight excluding hydrogens is 995 g/mol. The maximum Gasteiger partial charge on any atom is 0.469 e. The van der Waals surface area contributed by atoms with Gasteiger partial charge >= 0.3 is 17.6 Å². The molecule has 0 spiro atoms. The average Bonchev–Trinajstić information content (AvgIpc) is 3.14. The highest BCUT2D eigenvalue weighted by Gasteiger charge is 2.51. The maximum atomic E-state index is 11.5. The van der Waals surface area contributed by atoms with E-state index in [1.54, 1.807) is 43.5 Å². The molecule has 1 heterocycles. The van der Waals surface area contributed by atoms with Crippen LogP contribution in [0.3, 0.4) is 0 Å². The Morgan fingerprint density at radius 1 is 0.397 bits per heavy atom. The standard InChI is InChI=1S/C46H81N3O11Si8/c1-52-37-24-22-36(23-25-37)44-47-45(40-28-26-38(34-42(40)50)53-30-20-32-67(55-61(2,3)4,56-62(5,6)7)57-63(8,9)10)49-46(48-44)41-29-27-39(35-43(41)51)54-31-21-33-68(58-64(11,12)13,59-65(14,15)16)60-66(17,18)19/h22-29,34-35,50-51H,20-21,30-33H2,1-19H3. The highest BCUT2D eigenvalue weighted by atomic mass is 28.5. The highest BCUT2D eigenvalue weighted by Crippen LogP contribution is 2.37. The predicted octanol–water partition coefficient (Wildman–Crippen LogP) is 12.8. The smallest absolute Gasteiger partial charge is 0.469 e. The molecule has 3 aromatic carbocycles. The van der Waals surface area contributed by atoms with Gasteiger partial charge in [0.1, 0.15) is 28.7 Å². The molecule has 378 valence electrons. The first kappa shape index (κ1) is 57.7. The third kappa shape index (κ3) is 19.8. The molecule has 0 unspecified atom stereocenters. The third-order valence-corrected chi connectivity index (χ3v) is 33.1. The molecule has 2 N–H and O–H groups in total. The van der Waals surface area contributed by atoms with E-state index in [1.165, 1.54) is 0 Å². The second-order valence-electron chi connectivity index (χ2n) is 22.9. The fourth-order valence-corrected chi connectivity index (χ4v) is 36.5. The fourth-order valence-electron chi connectivity index (χ4n) is 7.25. The van der Waals surface area contributed by atoms with Crippen molar-refractivity contribution in [2.45, 2.75) is 143 Å². The van der Waals surface area contributed by atoms with Crippen LogP contribution in [0, 0.1) is 0 Å². The largest absolute Gasteiger partial charge is 0.507 e. The third-order valence-electron chi connectivity index (χ3n) is 8.97. The van der Waals surface area contributed by atoms with Crippen molar-refractivity contribution in [1.29, 1.82) is 0 Å². The molecule has 14 nitrogen and oxygen atoms in total. The summed E-state index contributed by atoms with van der Waals surface area (Å²) < 4.78 is 58.9. The molecule has 4 rings (SSSR count). The Bertz CT molecular complexity index is 2060. The van der Waals surface area contributed by atoms with Gasteiger partial charge in [-0.1, -0.05) is 0 Å². The molecule has 0 bridgehead atoms. The van der Waals surface area contributed by atoms with Crippen LogP contribution in [0.15, 0.2) is 60.7 Å². The van der Waals surface area contributed by atoms with Crippen molar-refractivity contribution in [2.24, 2.45) is 0 Å². The zero-order valence-corrected chi connectivity index (χ0v) is 52.4. The number of phenolic OH excluding ortho intramolecular Hbond substituents is 2. The summed E-state index contributed by atoms with van der Waals surface area (Å²) in [5, 5.41) is 23.0. The Hall–Kier alpha value is -2.83. The van der Waals surface area contributed by atoms with E-state index in [0.717, 1.165) is 0 Å². The Morgan fingerprint density at radius 3 is 0.971 bits per heavy atom. The lowest BCUT2D eigenvalue weighted by Gasteiger charge is -2.43. The van der Waals surface area contributed by atoms with Gasteiger partial charge in [-0.25, -0.2) is 15.0 Å². The van der Waals surface area contributed by atoms with Gasteiger partial charge in [0.05, 0.1) is 31.5 Å². The molecule has 0 aliphatic rings. The summed E-state index contributed by atoms with van der Waals surface area (Å²) in [5.74, 6) is 2.28. The summed E-state index contributed by atoms with van der Waals surface area (Å²) in [6.45, 7) is 39.9. The minimum absolute atomic E-state index is 0.0731. The first-order valence-electron chi connectivity index (χ1n) is 23.6. The van der Waals surface area contributed by atoms with E-state index < -0.39 is 67.5 Å². The summed E-state index contributed by atoms with van der Waals surface area (Å²) in [4.78, 5) is 14.4. The first-order valence-corrected chi connectivity index (χ1v) is 47.9. The number of phenols is 2. The van der Waals surface area contributed by atoms with Crippen molar-refractivity contribution >= 4 is 67.5 Å². The van der Waals surface area contributed by atoms with Crippen LogP contribution >= 0.6 is 0 Å². The second-order valence-corrected chi connectivity index (χ2v) is 56.9. The van der Waals surface area contributed by atoms with Crippen molar-refractivity contribution in [3.8, 4) is 62.9 Å². The van der Waals surface area contributed by atoms with Gasteiger partial charge in [0.2, 0.25) is 0 Å². The van der Waals surface area contributed by atoms with Crippen molar-refractivity contribution in [1.82, 2.24) is 15.0 Å². The number of benzene rings is 3. The quantitative estimate of drug-likeness (QED) is 0.0451. The number of hydrogen-bond donors (Lipinski definition) is 2. The number of rotatable bonds is 26. The second kappa shape index (κ2) is 22.7. The van der Waals surface area contributed by atoms with Crippen LogP contribution in [0.5, 0.6) is 28.7 Å². The Kier molecular flexibility index (Phi) is 19.3. The summed E-state index contributed by atoms with van der Waals surface area (Å²) in [6, 6.07) is 18.8. The molecule has 4 aromatic rings. The van der Waals surface area contributed by atoms with Crippen LogP contribution in [0.1, 0.15) is 12.8 Å². The molecule has 0 aliphatic heterocycles. The zero-order valence-electron chi connectivity index (χ0n) is 44.4. The monoisotopic (exact) mass is 1080 g/mol. The number of aromatic nitrogens is 3. The van der Waals surface area contributed by atoms with Gasteiger partial charge < -0.3 is 49.1 Å². The lowest BCUT2D eigenvalue weighted by molar-refractivity contribution is 0.239. The van der Waals surface area contributed by atoms with E-state index in [0.29, 0.717) is 77.9 Å². The molecule has 0 saturated carbocycles. The van der Waals surface area contributed by atoms with Gasteiger partial charge in [-0.05, 0) is 179 Å². The molecule has 0 saturated heterocycles. The maximum absolute atomic E-state index is 11.5. The zero-order chi connectivity index (χ0) is 51.1. The van der Waals surface area contributed by atoms with Gasteiger partial charge in [0.25, 0.3) is 0 Å². The highest BCUT2D eigenvalue weighted by molar-refractivity contribution is 6.91. The topological polar surface area (TPSA) is 162 Å². The van der Waals surface area contributed by atoms with Crippen molar-refractivity contribution in [2.75, 3.05) is 20.3 Å². The molecule has 22 heteroatoms. The van der Waals surface area contributed by atoms with Crippen LogP contribution in [0.4, 0.5) is 0 Å². The van der Waals surface area contributed by atoms with E-state index in [2.05, 4.69) is 118 Å². The number of methoxy groups -OCH3 is 1. The minimum Gasteiger partial charge on any atom is -0.507 e. The summed E-state index contributed by atoms with van der Waals surface area (Å²) in [5.41, 5.74) is 1.43. The first-order chi connectivity index (χ1) is 31.1.